The number of rotatable bonds is 3. The minimum atomic E-state index is -0.191. The van der Waals surface area contributed by atoms with E-state index in [-0.39, 0.29) is 23.5 Å². The first kappa shape index (κ1) is 17.5. The Hall–Kier alpha value is -1.89. The van der Waals surface area contributed by atoms with E-state index in [2.05, 4.69) is 9.88 Å². The molecular weight excluding hydrogens is 332 g/mol. The molecule has 3 aliphatic rings. The number of amides is 2. The van der Waals surface area contributed by atoms with E-state index in [0.29, 0.717) is 31.6 Å². The van der Waals surface area contributed by atoms with E-state index in [4.69, 9.17) is 4.74 Å². The van der Waals surface area contributed by atoms with Gasteiger partial charge in [0, 0.05) is 58.1 Å². The van der Waals surface area contributed by atoms with Gasteiger partial charge in [0.25, 0.3) is 5.91 Å². The lowest BCUT2D eigenvalue weighted by atomic mass is 9.81. The minimum absolute atomic E-state index is 0.0111. The zero-order valence-electron chi connectivity index (χ0n) is 15.7. The van der Waals surface area contributed by atoms with Crippen LogP contribution in [0.1, 0.15) is 56.1 Å². The molecule has 1 spiro atoms. The SMILES string of the molecule is CC(=O)N(C1CC1)C1CCOC2(CCN(C(=O)c3nccn3C)CC2)C1. The summed E-state index contributed by atoms with van der Waals surface area (Å²) in [6, 6.07) is 0.725. The number of carbonyl (C=O) groups excluding carboxylic acids is 2. The largest absolute Gasteiger partial charge is 0.375 e. The number of ether oxygens (including phenoxy) is 1. The maximum absolute atomic E-state index is 12.7. The first-order valence-electron chi connectivity index (χ1n) is 9.68. The van der Waals surface area contributed by atoms with Gasteiger partial charge < -0.3 is 19.1 Å². The van der Waals surface area contributed by atoms with Crippen molar-refractivity contribution in [2.24, 2.45) is 7.05 Å². The van der Waals surface area contributed by atoms with Crippen LogP contribution in [0.15, 0.2) is 12.4 Å². The van der Waals surface area contributed by atoms with E-state index >= 15 is 0 Å². The number of imidazole rings is 1. The molecule has 26 heavy (non-hydrogen) atoms. The van der Waals surface area contributed by atoms with Crippen LogP contribution in [0, 0.1) is 0 Å². The summed E-state index contributed by atoms with van der Waals surface area (Å²) in [5, 5.41) is 0. The van der Waals surface area contributed by atoms with Gasteiger partial charge in [0.1, 0.15) is 0 Å². The van der Waals surface area contributed by atoms with E-state index in [1.165, 1.54) is 0 Å². The van der Waals surface area contributed by atoms with Crippen molar-refractivity contribution in [3.8, 4) is 0 Å². The van der Waals surface area contributed by atoms with Crippen molar-refractivity contribution in [1.29, 1.82) is 0 Å². The highest BCUT2D eigenvalue weighted by Gasteiger charge is 2.45. The first-order chi connectivity index (χ1) is 12.5. The Labute approximate surface area is 154 Å². The van der Waals surface area contributed by atoms with Gasteiger partial charge in [0.15, 0.2) is 5.82 Å². The standard InChI is InChI=1S/C19H28N4O3/c1-14(24)23(15-3-4-15)16-5-12-26-19(13-16)6-9-22(10-7-19)18(25)17-20-8-11-21(17)2/h8,11,15-16H,3-7,9-10,12-13H2,1-2H3. The van der Waals surface area contributed by atoms with Gasteiger partial charge in [-0.1, -0.05) is 0 Å². The van der Waals surface area contributed by atoms with Crippen molar-refractivity contribution in [3.63, 3.8) is 0 Å². The topological polar surface area (TPSA) is 67.7 Å². The van der Waals surface area contributed by atoms with Crippen LogP contribution in [0.2, 0.25) is 0 Å². The normalized spacial score (nSPS) is 25.3. The minimum Gasteiger partial charge on any atom is -0.375 e. The predicted molar refractivity (Wildman–Crippen MR) is 95.6 cm³/mol. The number of carbonyl (C=O) groups is 2. The van der Waals surface area contributed by atoms with Crippen LogP contribution >= 0.6 is 0 Å². The molecule has 1 aromatic heterocycles. The van der Waals surface area contributed by atoms with Gasteiger partial charge in [0.05, 0.1) is 5.60 Å². The zero-order valence-corrected chi connectivity index (χ0v) is 15.7. The average Bonchev–Trinajstić information content (AvgIpc) is 3.34. The van der Waals surface area contributed by atoms with Gasteiger partial charge in [-0.2, -0.15) is 0 Å². The third kappa shape index (κ3) is 3.24. The summed E-state index contributed by atoms with van der Waals surface area (Å²) in [6.07, 6.45) is 9.20. The summed E-state index contributed by atoms with van der Waals surface area (Å²) in [4.78, 5) is 32.9. The smallest absolute Gasteiger partial charge is 0.289 e. The zero-order chi connectivity index (χ0) is 18.3. The highest BCUT2D eigenvalue weighted by Crippen LogP contribution is 2.40. The van der Waals surface area contributed by atoms with E-state index in [0.717, 1.165) is 38.5 Å². The fourth-order valence-electron chi connectivity index (χ4n) is 4.58. The molecule has 4 rings (SSSR count). The molecule has 7 heteroatoms. The summed E-state index contributed by atoms with van der Waals surface area (Å²) < 4.78 is 7.98. The summed E-state index contributed by atoms with van der Waals surface area (Å²) >= 11 is 0. The molecule has 2 saturated heterocycles. The Morgan fingerprint density at radius 1 is 1.23 bits per heavy atom. The second-order valence-corrected chi connectivity index (χ2v) is 7.99. The van der Waals surface area contributed by atoms with Gasteiger partial charge in [0.2, 0.25) is 5.91 Å². The lowest BCUT2D eigenvalue weighted by Gasteiger charge is -2.48. The van der Waals surface area contributed by atoms with Gasteiger partial charge in [-0.15, -0.1) is 0 Å². The van der Waals surface area contributed by atoms with Crippen LogP contribution in [-0.2, 0) is 16.6 Å². The van der Waals surface area contributed by atoms with Crippen LogP contribution < -0.4 is 0 Å². The van der Waals surface area contributed by atoms with Crippen molar-refractivity contribution in [2.45, 2.75) is 63.1 Å². The summed E-state index contributed by atoms with van der Waals surface area (Å²) in [7, 11) is 1.84. The molecule has 2 amide bonds. The molecule has 0 bridgehead atoms. The van der Waals surface area contributed by atoms with E-state index < -0.39 is 0 Å². The Balaban J connectivity index is 1.40. The third-order valence-corrected chi connectivity index (χ3v) is 6.14. The predicted octanol–water partition coefficient (Wildman–Crippen LogP) is 1.58. The molecule has 1 unspecified atom stereocenters. The molecule has 1 aliphatic carbocycles. The Bertz CT molecular complexity index is 689. The molecule has 3 fully saturated rings. The number of aromatic nitrogens is 2. The summed E-state index contributed by atoms with van der Waals surface area (Å²) in [5.41, 5.74) is -0.191. The van der Waals surface area contributed by atoms with Crippen LogP contribution in [0.4, 0.5) is 0 Å². The molecule has 3 heterocycles. The fourth-order valence-corrected chi connectivity index (χ4v) is 4.58. The number of aryl methyl sites for hydroxylation is 1. The summed E-state index contributed by atoms with van der Waals surface area (Å²) in [5.74, 6) is 0.667. The van der Waals surface area contributed by atoms with Gasteiger partial charge in [-0.25, -0.2) is 4.98 Å². The van der Waals surface area contributed by atoms with E-state index in [9.17, 15) is 9.59 Å². The molecule has 1 saturated carbocycles. The fraction of sp³-hybridized carbons (Fsp3) is 0.737. The summed E-state index contributed by atoms with van der Waals surface area (Å²) in [6.45, 7) is 3.76. The van der Waals surface area contributed by atoms with Gasteiger partial charge >= 0.3 is 0 Å². The molecule has 1 atom stereocenters. The Kier molecular flexibility index (Phi) is 4.50. The van der Waals surface area contributed by atoms with Gasteiger partial charge in [-0.05, 0) is 38.5 Å². The van der Waals surface area contributed by atoms with Crippen molar-refractivity contribution in [1.82, 2.24) is 19.4 Å². The van der Waals surface area contributed by atoms with Crippen LogP contribution in [0.3, 0.4) is 0 Å². The number of hydrogen-bond acceptors (Lipinski definition) is 4. The quantitative estimate of drug-likeness (QED) is 0.821. The average molecular weight is 360 g/mol. The maximum Gasteiger partial charge on any atom is 0.289 e. The molecule has 7 nitrogen and oxygen atoms in total. The molecule has 0 aromatic carbocycles. The van der Waals surface area contributed by atoms with Crippen molar-refractivity contribution in [2.75, 3.05) is 19.7 Å². The van der Waals surface area contributed by atoms with Crippen molar-refractivity contribution < 1.29 is 14.3 Å². The first-order valence-corrected chi connectivity index (χ1v) is 9.68. The molecule has 2 aliphatic heterocycles. The van der Waals surface area contributed by atoms with Crippen LogP contribution in [0.5, 0.6) is 0 Å². The van der Waals surface area contributed by atoms with E-state index in [1.54, 1.807) is 23.9 Å². The Morgan fingerprint density at radius 2 is 1.96 bits per heavy atom. The van der Waals surface area contributed by atoms with Gasteiger partial charge in [-0.3, -0.25) is 9.59 Å². The Morgan fingerprint density at radius 3 is 2.54 bits per heavy atom. The monoisotopic (exact) mass is 360 g/mol. The molecular formula is C19H28N4O3. The lowest BCUT2D eigenvalue weighted by molar-refractivity contribution is -0.148. The number of likely N-dealkylation sites (tertiary alicyclic amines) is 1. The van der Waals surface area contributed by atoms with Crippen molar-refractivity contribution >= 4 is 11.8 Å². The second kappa shape index (κ2) is 6.68. The highest BCUT2D eigenvalue weighted by molar-refractivity contribution is 5.90. The highest BCUT2D eigenvalue weighted by atomic mass is 16.5. The van der Waals surface area contributed by atoms with Crippen LogP contribution in [-0.4, -0.2) is 68.5 Å². The number of nitrogens with zero attached hydrogens (tertiary/aromatic N) is 4. The molecule has 0 radical (unpaired) electrons. The van der Waals surface area contributed by atoms with Crippen LogP contribution in [0.25, 0.3) is 0 Å². The molecule has 142 valence electrons. The number of hydrogen-bond donors (Lipinski definition) is 0. The third-order valence-electron chi connectivity index (χ3n) is 6.14. The second-order valence-electron chi connectivity index (χ2n) is 7.99. The number of piperidine rings is 1. The lowest BCUT2D eigenvalue weighted by Crippen LogP contribution is -2.55. The van der Waals surface area contributed by atoms with E-state index in [1.807, 2.05) is 11.9 Å². The maximum atomic E-state index is 12.7. The molecule has 1 aromatic rings. The van der Waals surface area contributed by atoms with Crippen molar-refractivity contribution in [3.05, 3.63) is 18.2 Å². The molecule has 0 N–H and O–H groups in total.